The van der Waals surface area contributed by atoms with Gasteiger partial charge in [0.05, 0.1) is 11.9 Å². The normalized spacial score (nSPS) is 12.5. The molecular formula is C11H10N4. The Morgan fingerprint density at radius 2 is 2.07 bits per heavy atom. The van der Waals surface area contributed by atoms with Crippen LogP contribution in [-0.2, 0) is 6.42 Å². The molecule has 0 saturated carbocycles. The van der Waals surface area contributed by atoms with Gasteiger partial charge in [0.15, 0.2) is 0 Å². The molecule has 0 aromatic carbocycles. The van der Waals surface area contributed by atoms with Crippen LogP contribution >= 0.6 is 0 Å². The van der Waals surface area contributed by atoms with Crippen LogP contribution in [0.3, 0.4) is 0 Å². The number of nitrogens with one attached hydrogen (secondary N) is 1. The topological polar surface area (TPSA) is 63.8 Å². The molecule has 3 heterocycles. The second-order valence-electron chi connectivity index (χ2n) is 3.59. The zero-order valence-electron chi connectivity index (χ0n) is 8.07. The largest absolute Gasteiger partial charge is 0.397 e. The summed E-state index contributed by atoms with van der Waals surface area (Å²) >= 11 is 0. The Kier molecular flexibility index (Phi) is 1.62. The second-order valence-corrected chi connectivity index (χ2v) is 3.59. The molecule has 4 heteroatoms. The van der Waals surface area contributed by atoms with E-state index in [1.54, 1.807) is 12.4 Å². The van der Waals surface area contributed by atoms with Crippen LogP contribution in [0.5, 0.6) is 0 Å². The van der Waals surface area contributed by atoms with Gasteiger partial charge < -0.3 is 11.1 Å². The highest BCUT2D eigenvalue weighted by Gasteiger charge is 2.15. The summed E-state index contributed by atoms with van der Waals surface area (Å²) in [6.07, 6.45) is 4.26. The summed E-state index contributed by atoms with van der Waals surface area (Å²) in [5.41, 5.74) is 8.69. The van der Waals surface area contributed by atoms with Gasteiger partial charge in [-0.25, -0.2) is 9.97 Å². The van der Waals surface area contributed by atoms with Crippen LogP contribution in [0, 0.1) is 0 Å². The lowest BCUT2D eigenvalue weighted by Crippen LogP contribution is -2.10. The van der Waals surface area contributed by atoms with Crippen molar-refractivity contribution in [2.75, 3.05) is 11.1 Å². The van der Waals surface area contributed by atoms with E-state index in [0.29, 0.717) is 5.69 Å². The van der Waals surface area contributed by atoms with E-state index in [1.807, 2.05) is 12.1 Å². The van der Waals surface area contributed by atoms with Gasteiger partial charge in [-0.05, 0) is 17.7 Å². The minimum absolute atomic E-state index is 0.697. The SMILES string of the molecule is Nc1cnc2c(c1)Cc1cccnc1N2. The number of pyridine rings is 2. The molecule has 0 amide bonds. The summed E-state index contributed by atoms with van der Waals surface area (Å²) < 4.78 is 0. The molecule has 1 aliphatic rings. The molecule has 15 heavy (non-hydrogen) atoms. The van der Waals surface area contributed by atoms with Crippen molar-refractivity contribution >= 4 is 17.3 Å². The third-order valence-electron chi connectivity index (χ3n) is 2.50. The number of nitrogens with zero attached hydrogens (tertiary/aromatic N) is 2. The molecule has 0 unspecified atom stereocenters. The fraction of sp³-hybridized carbons (Fsp3) is 0.0909. The van der Waals surface area contributed by atoms with Crippen LogP contribution < -0.4 is 11.1 Å². The summed E-state index contributed by atoms with van der Waals surface area (Å²) in [6.45, 7) is 0. The van der Waals surface area contributed by atoms with E-state index in [-0.39, 0.29) is 0 Å². The first-order valence-electron chi connectivity index (χ1n) is 4.78. The zero-order chi connectivity index (χ0) is 10.3. The molecule has 3 rings (SSSR count). The predicted octanol–water partition coefficient (Wildman–Crippen LogP) is 1.71. The van der Waals surface area contributed by atoms with Gasteiger partial charge in [0.1, 0.15) is 11.6 Å². The average Bonchev–Trinajstić information content (AvgIpc) is 2.26. The lowest BCUT2D eigenvalue weighted by Gasteiger charge is -2.19. The van der Waals surface area contributed by atoms with Crippen molar-refractivity contribution in [2.24, 2.45) is 0 Å². The van der Waals surface area contributed by atoms with E-state index in [4.69, 9.17) is 5.73 Å². The number of rotatable bonds is 0. The van der Waals surface area contributed by atoms with Gasteiger partial charge in [-0.15, -0.1) is 0 Å². The Morgan fingerprint density at radius 1 is 1.20 bits per heavy atom. The van der Waals surface area contributed by atoms with Crippen LogP contribution in [0.1, 0.15) is 11.1 Å². The Morgan fingerprint density at radius 3 is 3.00 bits per heavy atom. The van der Waals surface area contributed by atoms with Gasteiger partial charge >= 0.3 is 0 Å². The molecule has 2 aromatic rings. The quantitative estimate of drug-likeness (QED) is 0.577. The van der Waals surface area contributed by atoms with E-state index in [0.717, 1.165) is 23.6 Å². The molecule has 0 atom stereocenters. The monoisotopic (exact) mass is 198 g/mol. The highest BCUT2D eigenvalue weighted by Crippen LogP contribution is 2.30. The summed E-state index contributed by atoms with van der Waals surface area (Å²) in [6, 6.07) is 5.94. The molecular weight excluding hydrogens is 188 g/mol. The van der Waals surface area contributed by atoms with Crippen LogP contribution in [-0.4, -0.2) is 9.97 Å². The van der Waals surface area contributed by atoms with Gasteiger partial charge in [0, 0.05) is 18.2 Å². The number of hydrogen-bond acceptors (Lipinski definition) is 4. The second kappa shape index (κ2) is 2.95. The van der Waals surface area contributed by atoms with Gasteiger partial charge in [-0.2, -0.15) is 0 Å². The van der Waals surface area contributed by atoms with Gasteiger partial charge in [-0.3, -0.25) is 0 Å². The maximum Gasteiger partial charge on any atom is 0.135 e. The molecule has 4 nitrogen and oxygen atoms in total. The Labute approximate surface area is 87.2 Å². The van der Waals surface area contributed by atoms with E-state index < -0.39 is 0 Å². The molecule has 0 bridgehead atoms. The fourth-order valence-corrected chi connectivity index (χ4v) is 1.79. The first-order chi connectivity index (χ1) is 7.33. The van der Waals surface area contributed by atoms with E-state index in [1.165, 1.54) is 5.56 Å². The Bertz CT molecular complexity index is 522. The third-order valence-corrected chi connectivity index (χ3v) is 2.50. The van der Waals surface area contributed by atoms with Crippen molar-refractivity contribution in [3.05, 3.63) is 41.7 Å². The van der Waals surface area contributed by atoms with Gasteiger partial charge in [0.25, 0.3) is 0 Å². The molecule has 2 aromatic heterocycles. The van der Waals surface area contributed by atoms with Crippen LogP contribution in [0.25, 0.3) is 0 Å². The van der Waals surface area contributed by atoms with Crippen molar-refractivity contribution in [1.29, 1.82) is 0 Å². The molecule has 1 aliphatic heterocycles. The first-order valence-corrected chi connectivity index (χ1v) is 4.78. The minimum Gasteiger partial charge on any atom is -0.397 e. The number of nitrogens with two attached hydrogens (primary N) is 1. The Hall–Kier alpha value is -2.10. The summed E-state index contributed by atoms with van der Waals surface area (Å²) in [7, 11) is 0. The number of nitrogen functional groups attached to an aromatic ring is 1. The maximum absolute atomic E-state index is 5.70. The minimum atomic E-state index is 0.697. The van der Waals surface area contributed by atoms with E-state index in [9.17, 15) is 0 Å². The average molecular weight is 198 g/mol. The van der Waals surface area contributed by atoms with Gasteiger partial charge in [0.2, 0.25) is 0 Å². The van der Waals surface area contributed by atoms with Crippen LogP contribution in [0.15, 0.2) is 30.6 Å². The van der Waals surface area contributed by atoms with E-state index >= 15 is 0 Å². The number of anilines is 3. The molecule has 0 spiro atoms. The van der Waals surface area contributed by atoms with E-state index in [2.05, 4.69) is 21.4 Å². The van der Waals surface area contributed by atoms with Crippen molar-refractivity contribution in [1.82, 2.24) is 9.97 Å². The summed E-state index contributed by atoms with van der Waals surface area (Å²) in [5.74, 6) is 1.75. The van der Waals surface area contributed by atoms with Crippen molar-refractivity contribution in [3.63, 3.8) is 0 Å². The highest BCUT2D eigenvalue weighted by atomic mass is 15.1. The molecule has 0 fully saturated rings. The molecule has 3 N–H and O–H groups in total. The molecule has 0 saturated heterocycles. The molecule has 74 valence electrons. The zero-order valence-corrected chi connectivity index (χ0v) is 8.07. The standard InChI is InChI=1S/C11H10N4/c12-9-5-8-4-7-2-1-3-13-10(7)15-11(8)14-6-9/h1-3,5-6H,4,12H2,(H,13,14,15). The summed E-state index contributed by atoms with van der Waals surface area (Å²) in [5, 5.41) is 3.19. The van der Waals surface area contributed by atoms with Crippen molar-refractivity contribution in [2.45, 2.75) is 6.42 Å². The lowest BCUT2D eigenvalue weighted by molar-refractivity contribution is 1.07. The highest BCUT2D eigenvalue weighted by molar-refractivity contribution is 5.67. The first kappa shape index (κ1) is 8.23. The number of aromatic nitrogens is 2. The lowest BCUT2D eigenvalue weighted by atomic mass is 10.0. The molecule has 0 aliphatic carbocycles. The summed E-state index contributed by atoms with van der Waals surface area (Å²) in [4.78, 5) is 8.50. The van der Waals surface area contributed by atoms with Crippen molar-refractivity contribution in [3.8, 4) is 0 Å². The van der Waals surface area contributed by atoms with Crippen LogP contribution in [0.2, 0.25) is 0 Å². The number of fused-ring (bicyclic) bond motifs is 2. The number of hydrogen-bond donors (Lipinski definition) is 2. The molecule has 0 radical (unpaired) electrons. The maximum atomic E-state index is 5.70. The van der Waals surface area contributed by atoms with Gasteiger partial charge in [-0.1, -0.05) is 6.07 Å². The fourth-order valence-electron chi connectivity index (χ4n) is 1.79. The third kappa shape index (κ3) is 1.30. The Balaban J connectivity index is 2.11. The van der Waals surface area contributed by atoms with Crippen LogP contribution in [0.4, 0.5) is 17.3 Å². The predicted molar refractivity (Wildman–Crippen MR) is 59.0 cm³/mol. The van der Waals surface area contributed by atoms with Crippen molar-refractivity contribution < 1.29 is 0 Å². The smallest absolute Gasteiger partial charge is 0.135 e.